The van der Waals surface area contributed by atoms with E-state index in [0.29, 0.717) is 12.3 Å². The normalized spacial score (nSPS) is 15.1. The van der Waals surface area contributed by atoms with Crippen LogP contribution < -0.4 is 10.1 Å². The summed E-state index contributed by atoms with van der Waals surface area (Å²) in [6.45, 7) is 3.97. The Hall–Kier alpha value is -2.30. The molecule has 1 aromatic carbocycles. The van der Waals surface area contributed by atoms with Crippen LogP contribution in [0.3, 0.4) is 0 Å². The van der Waals surface area contributed by atoms with Gasteiger partial charge in [-0.2, -0.15) is 5.10 Å². The zero-order chi connectivity index (χ0) is 17.1. The number of benzene rings is 1. The lowest BCUT2D eigenvalue weighted by Crippen LogP contribution is -2.30. The molecule has 1 aliphatic rings. The van der Waals surface area contributed by atoms with Crippen molar-refractivity contribution >= 4 is 5.91 Å². The van der Waals surface area contributed by atoms with Gasteiger partial charge in [-0.3, -0.25) is 9.89 Å². The highest BCUT2D eigenvalue weighted by Gasteiger charge is 2.33. The fraction of sp³-hybridized carbons (Fsp3) is 0.474. The molecular formula is C19H25N3O2. The first-order valence-electron chi connectivity index (χ1n) is 8.52. The molecule has 1 aliphatic carbocycles. The number of nitrogens with one attached hydrogen (secondary N) is 2. The third-order valence-corrected chi connectivity index (χ3v) is 4.77. The maximum absolute atomic E-state index is 12.4. The van der Waals surface area contributed by atoms with Gasteiger partial charge in [-0.1, -0.05) is 12.1 Å². The number of hydrogen-bond acceptors (Lipinski definition) is 3. The number of aromatic nitrogens is 2. The van der Waals surface area contributed by atoms with Gasteiger partial charge in [-0.25, -0.2) is 0 Å². The quantitative estimate of drug-likeness (QED) is 0.820. The van der Waals surface area contributed by atoms with Crippen molar-refractivity contribution in [3.05, 3.63) is 46.8 Å². The van der Waals surface area contributed by atoms with Gasteiger partial charge in [-0.15, -0.1) is 0 Å². The van der Waals surface area contributed by atoms with E-state index >= 15 is 0 Å². The number of nitrogens with zero attached hydrogens (tertiary/aromatic N) is 1. The summed E-state index contributed by atoms with van der Waals surface area (Å²) in [6, 6.07) is 8.11. The van der Waals surface area contributed by atoms with E-state index in [4.69, 9.17) is 4.74 Å². The van der Waals surface area contributed by atoms with Gasteiger partial charge in [0.1, 0.15) is 5.75 Å². The minimum atomic E-state index is 0.0997. The molecule has 5 heteroatoms. The summed E-state index contributed by atoms with van der Waals surface area (Å²) in [4.78, 5) is 12.4. The Morgan fingerprint density at radius 1 is 1.33 bits per heavy atom. The smallest absolute Gasteiger partial charge is 0.220 e. The first kappa shape index (κ1) is 16.6. The van der Waals surface area contributed by atoms with Gasteiger partial charge >= 0.3 is 0 Å². The summed E-state index contributed by atoms with van der Waals surface area (Å²) in [5, 5.41) is 10.4. The molecule has 0 saturated heterocycles. The Morgan fingerprint density at radius 3 is 2.58 bits per heavy atom. The predicted octanol–water partition coefficient (Wildman–Crippen LogP) is 3.24. The van der Waals surface area contributed by atoms with E-state index in [1.165, 1.54) is 12.8 Å². The highest BCUT2D eigenvalue weighted by atomic mass is 16.5. The third kappa shape index (κ3) is 3.78. The molecule has 1 fully saturated rings. The molecule has 0 radical (unpaired) electrons. The van der Waals surface area contributed by atoms with Crippen LogP contribution in [-0.2, 0) is 11.2 Å². The number of carbonyl (C=O) groups is 1. The average molecular weight is 327 g/mol. The molecule has 2 aromatic rings. The topological polar surface area (TPSA) is 67.0 Å². The summed E-state index contributed by atoms with van der Waals surface area (Å²) < 4.78 is 5.21. The van der Waals surface area contributed by atoms with Crippen LogP contribution in [-0.4, -0.2) is 23.2 Å². The van der Waals surface area contributed by atoms with Gasteiger partial charge in [0.15, 0.2) is 0 Å². The molecule has 5 nitrogen and oxygen atoms in total. The Morgan fingerprint density at radius 2 is 2.04 bits per heavy atom. The number of H-pyrrole nitrogens is 1. The van der Waals surface area contributed by atoms with Crippen molar-refractivity contribution in [1.82, 2.24) is 15.5 Å². The molecule has 0 bridgehead atoms. The maximum Gasteiger partial charge on any atom is 0.220 e. The number of ether oxygens (including phenoxy) is 1. The Labute approximate surface area is 142 Å². The van der Waals surface area contributed by atoms with Crippen LogP contribution in [0.2, 0.25) is 0 Å². The van der Waals surface area contributed by atoms with Crippen molar-refractivity contribution in [2.45, 2.75) is 45.6 Å². The van der Waals surface area contributed by atoms with Gasteiger partial charge < -0.3 is 10.1 Å². The van der Waals surface area contributed by atoms with Crippen molar-refractivity contribution in [2.24, 2.45) is 5.92 Å². The van der Waals surface area contributed by atoms with Gasteiger partial charge in [-0.05, 0) is 62.3 Å². The fourth-order valence-corrected chi connectivity index (χ4v) is 3.14. The van der Waals surface area contributed by atoms with Gasteiger partial charge in [0, 0.05) is 12.1 Å². The molecule has 1 amide bonds. The first-order chi connectivity index (χ1) is 11.6. The molecule has 0 spiro atoms. The third-order valence-electron chi connectivity index (χ3n) is 4.77. The second-order valence-corrected chi connectivity index (χ2v) is 6.57. The lowest BCUT2D eigenvalue weighted by molar-refractivity contribution is -0.122. The van der Waals surface area contributed by atoms with Gasteiger partial charge in [0.2, 0.25) is 5.91 Å². The molecule has 24 heavy (non-hydrogen) atoms. The number of hydrogen-bond donors (Lipinski definition) is 2. The average Bonchev–Trinajstić information content (AvgIpc) is 3.38. The lowest BCUT2D eigenvalue weighted by atomic mass is 10.0. The lowest BCUT2D eigenvalue weighted by Gasteiger charge is -2.19. The standard InChI is InChI=1S/C19H25N3O2/c1-12-17(13(2)22-21-12)10-11-18(23)20-19(14-4-5-14)15-6-8-16(24-3)9-7-15/h6-9,14,19H,4-5,10-11H2,1-3H3,(H,20,23)(H,21,22)/t19-/m0/s1. The number of carbonyl (C=O) groups excluding carboxylic acids is 1. The van der Waals surface area contributed by atoms with E-state index in [0.717, 1.165) is 34.7 Å². The van der Waals surface area contributed by atoms with Crippen LogP contribution in [0.25, 0.3) is 0 Å². The second-order valence-electron chi connectivity index (χ2n) is 6.57. The van der Waals surface area contributed by atoms with E-state index in [1.807, 2.05) is 38.1 Å². The molecular weight excluding hydrogens is 302 g/mol. The van der Waals surface area contributed by atoms with Crippen LogP contribution in [0.5, 0.6) is 5.75 Å². The molecule has 0 unspecified atom stereocenters. The largest absolute Gasteiger partial charge is 0.497 e. The number of aryl methyl sites for hydroxylation is 2. The monoisotopic (exact) mass is 327 g/mol. The van der Waals surface area contributed by atoms with Crippen LogP contribution >= 0.6 is 0 Å². The molecule has 0 aliphatic heterocycles. The molecule has 128 valence electrons. The van der Waals surface area contributed by atoms with Crippen LogP contribution in [0.4, 0.5) is 0 Å². The zero-order valence-corrected chi connectivity index (χ0v) is 14.6. The summed E-state index contributed by atoms with van der Waals surface area (Å²) in [7, 11) is 1.66. The minimum Gasteiger partial charge on any atom is -0.497 e. The van der Waals surface area contributed by atoms with E-state index in [1.54, 1.807) is 7.11 Å². The second kappa shape index (κ2) is 7.07. The number of rotatable bonds is 7. The van der Waals surface area contributed by atoms with E-state index in [9.17, 15) is 4.79 Å². The fourth-order valence-electron chi connectivity index (χ4n) is 3.14. The molecule has 1 saturated carbocycles. The first-order valence-corrected chi connectivity index (χ1v) is 8.52. The van der Waals surface area contributed by atoms with E-state index < -0.39 is 0 Å². The SMILES string of the molecule is COc1ccc([C@@H](NC(=O)CCc2c(C)n[nH]c2C)C2CC2)cc1. The van der Waals surface area contributed by atoms with Crippen molar-refractivity contribution < 1.29 is 9.53 Å². The Balaban J connectivity index is 1.62. The Kier molecular flexibility index (Phi) is 4.88. The van der Waals surface area contributed by atoms with Crippen LogP contribution in [0.15, 0.2) is 24.3 Å². The molecule has 3 rings (SSSR count). The number of methoxy groups -OCH3 is 1. The van der Waals surface area contributed by atoms with Crippen LogP contribution in [0, 0.1) is 19.8 Å². The highest BCUT2D eigenvalue weighted by Crippen LogP contribution is 2.41. The van der Waals surface area contributed by atoms with E-state index in [2.05, 4.69) is 15.5 Å². The molecule has 1 heterocycles. The van der Waals surface area contributed by atoms with Crippen molar-refractivity contribution in [1.29, 1.82) is 0 Å². The summed E-state index contributed by atoms with van der Waals surface area (Å²) in [6.07, 6.45) is 3.56. The summed E-state index contributed by atoms with van der Waals surface area (Å²) >= 11 is 0. The minimum absolute atomic E-state index is 0.0997. The molecule has 2 N–H and O–H groups in total. The Bertz CT molecular complexity index is 682. The zero-order valence-electron chi connectivity index (χ0n) is 14.6. The van der Waals surface area contributed by atoms with Crippen molar-refractivity contribution in [2.75, 3.05) is 7.11 Å². The molecule has 1 aromatic heterocycles. The van der Waals surface area contributed by atoms with Crippen molar-refractivity contribution in [3.63, 3.8) is 0 Å². The van der Waals surface area contributed by atoms with E-state index in [-0.39, 0.29) is 11.9 Å². The maximum atomic E-state index is 12.4. The summed E-state index contributed by atoms with van der Waals surface area (Å²) in [5.41, 5.74) is 4.34. The van der Waals surface area contributed by atoms with Gasteiger partial charge in [0.25, 0.3) is 0 Å². The predicted molar refractivity (Wildman–Crippen MR) is 93.0 cm³/mol. The number of aromatic amines is 1. The number of amides is 1. The van der Waals surface area contributed by atoms with Crippen molar-refractivity contribution in [3.8, 4) is 5.75 Å². The summed E-state index contributed by atoms with van der Waals surface area (Å²) in [5.74, 6) is 1.49. The van der Waals surface area contributed by atoms with Gasteiger partial charge in [0.05, 0.1) is 18.8 Å². The van der Waals surface area contributed by atoms with Crippen LogP contribution in [0.1, 0.15) is 47.8 Å². The molecule has 1 atom stereocenters. The highest BCUT2D eigenvalue weighted by molar-refractivity contribution is 5.77.